The molecule has 0 aromatic carbocycles. The first-order valence-corrected chi connectivity index (χ1v) is 7.51. The lowest BCUT2D eigenvalue weighted by molar-refractivity contribution is -0.0813. The van der Waals surface area contributed by atoms with Gasteiger partial charge in [0.1, 0.15) is 24.4 Å². The van der Waals surface area contributed by atoms with E-state index in [9.17, 15) is 15.3 Å². The van der Waals surface area contributed by atoms with E-state index in [2.05, 4.69) is 12.2 Å². The van der Waals surface area contributed by atoms with E-state index in [4.69, 9.17) is 9.47 Å². The van der Waals surface area contributed by atoms with Crippen LogP contribution in [0.3, 0.4) is 0 Å². The minimum atomic E-state index is -1.03. The number of aliphatic hydroxyl groups is 3. The first-order valence-electron chi connectivity index (χ1n) is 7.51. The van der Waals surface area contributed by atoms with Crippen LogP contribution in [0.2, 0.25) is 0 Å². The highest BCUT2D eigenvalue weighted by Gasteiger charge is 2.39. The number of allylic oxidation sites excluding steroid dienone is 2. The van der Waals surface area contributed by atoms with Crippen LogP contribution in [0.4, 0.5) is 0 Å². The summed E-state index contributed by atoms with van der Waals surface area (Å²) in [5, 5.41) is 28.7. The summed E-state index contributed by atoms with van der Waals surface area (Å²) in [4.78, 5) is 0. The monoisotopic (exact) mass is 288 g/mol. The van der Waals surface area contributed by atoms with E-state index in [1.807, 2.05) is 6.92 Å². The van der Waals surface area contributed by atoms with Crippen molar-refractivity contribution in [2.45, 2.75) is 63.4 Å². The van der Waals surface area contributed by atoms with Gasteiger partial charge in [-0.05, 0) is 26.2 Å². The van der Waals surface area contributed by atoms with E-state index in [1.54, 1.807) is 0 Å². The summed E-state index contributed by atoms with van der Waals surface area (Å²) in [6.07, 6.45) is 6.29. The SMILES string of the molecule is C/C=C/CCCCCCOC[C@@H](O)[C@@H]1OC[C@H](O)[C@@H]1O. The maximum absolute atomic E-state index is 9.81. The molecule has 3 N–H and O–H groups in total. The fraction of sp³-hybridized carbons (Fsp3) is 0.867. The Balaban J connectivity index is 1.96. The molecule has 1 fully saturated rings. The number of hydrogen-bond acceptors (Lipinski definition) is 5. The highest BCUT2D eigenvalue weighted by atomic mass is 16.5. The first-order chi connectivity index (χ1) is 9.66. The Bertz CT molecular complexity index is 269. The fourth-order valence-electron chi connectivity index (χ4n) is 2.25. The molecular formula is C15H28O5. The van der Waals surface area contributed by atoms with Crippen LogP contribution < -0.4 is 0 Å². The molecule has 0 radical (unpaired) electrons. The zero-order valence-corrected chi connectivity index (χ0v) is 12.3. The third kappa shape index (κ3) is 6.33. The molecule has 1 aliphatic rings. The lowest BCUT2D eigenvalue weighted by Gasteiger charge is -2.20. The van der Waals surface area contributed by atoms with Gasteiger partial charge in [-0.25, -0.2) is 0 Å². The predicted octanol–water partition coefficient (Wildman–Crippen LogP) is 1.01. The fourth-order valence-corrected chi connectivity index (χ4v) is 2.25. The third-order valence-electron chi connectivity index (χ3n) is 3.50. The van der Waals surface area contributed by atoms with E-state index in [0.29, 0.717) is 6.61 Å². The highest BCUT2D eigenvalue weighted by molar-refractivity contribution is 4.87. The molecule has 5 heteroatoms. The van der Waals surface area contributed by atoms with E-state index in [-0.39, 0.29) is 13.2 Å². The number of unbranched alkanes of at least 4 members (excludes halogenated alkanes) is 4. The molecule has 0 bridgehead atoms. The van der Waals surface area contributed by atoms with Gasteiger partial charge in [-0.3, -0.25) is 0 Å². The molecule has 0 aromatic rings. The predicted molar refractivity (Wildman–Crippen MR) is 76.5 cm³/mol. The minimum absolute atomic E-state index is 0.0646. The number of rotatable bonds is 10. The molecular weight excluding hydrogens is 260 g/mol. The van der Waals surface area contributed by atoms with Crippen molar-refractivity contribution in [3.63, 3.8) is 0 Å². The van der Waals surface area contributed by atoms with Crippen LogP contribution in [-0.2, 0) is 9.47 Å². The van der Waals surface area contributed by atoms with E-state index >= 15 is 0 Å². The van der Waals surface area contributed by atoms with Crippen LogP contribution in [-0.4, -0.2) is 59.6 Å². The quantitative estimate of drug-likeness (QED) is 0.413. The molecule has 5 nitrogen and oxygen atoms in total. The molecule has 118 valence electrons. The molecule has 1 saturated heterocycles. The van der Waals surface area contributed by atoms with Gasteiger partial charge in [0, 0.05) is 6.61 Å². The Morgan fingerprint density at radius 1 is 1.25 bits per heavy atom. The summed E-state index contributed by atoms with van der Waals surface area (Å²) in [5.74, 6) is 0. The Labute approximate surface area is 121 Å². The zero-order valence-electron chi connectivity index (χ0n) is 12.3. The largest absolute Gasteiger partial charge is 0.388 e. The summed E-state index contributed by atoms with van der Waals surface area (Å²) in [6.45, 7) is 2.83. The Morgan fingerprint density at radius 3 is 2.65 bits per heavy atom. The van der Waals surface area contributed by atoms with Crippen molar-refractivity contribution < 1.29 is 24.8 Å². The second kappa shape index (κ2) is 10.3. The van der Waals surface area contributed by atoms with Crippen LogP contribution in [0.1, 0.15) is 39.0 Å². The van der Waals surface area contributed by atoms with Gasteiger partial charge in [0.2, 0.25) is 0 Å². The van der Waals surface area contributed by atoms with Gasteiger partial charge < -0.3 is 24.8 Å². The van der Waals surface area contributed by atoms with Crippen molar-refractivity contribution in [1.29, 1.82) is 0 Å². The van der Waals surface area contributed by atoms with E-state index in [1.165, 1.54) is 12.8 Å². The Morgan fingerprint density at radius 2 is 2.00 bits per heavy atom. The average Bonchev–Trinajstić information content (AvgIpc) is 2.77. The summed E-state index contributed by atoms with van der Waals surface area (Å²) in [5.41, 5.74) is 0. The molecule has 0 spiro atoms. The van der Waals surface area contributed by atoms with Crippen molar-refractivity contribution in [2.24, 2.45) is 0 Å². The topological polar surface area (TPSA) is 79.2 Å². The second-order valence-corrected chi connectivity index (χ2v) is 5.27. The van der Waals surface area contributed by atoms with Crippen LogP contribution in [0.25, 0.3) is 0 Å². The van der Waals surface area contributed by atoms with Gasteiger partial charge in [0.15, 0.2) is 0 Å². The molecule has 0 unspecified atom stereocenters. The Kier molecular flexibility index (Phi) is 9.05. The summed E-state index contributed by atoms with van der Waals surface area (Å²) in [6, 6.07) is 0. The third-order valence-corrected chi connectivity index (χ3v) is 3.50. The van der Waals surface area contributed by atoms with Crippen molar-refractivity contribution in [3.05, 3.63) is 12.2 Å². The molecule has 0 aliphatic carbocycles. The highest BCUT2D eigenvalue weighted by Crippen LogP contribution is 2.17. The van der Waals surface area contributed by atoms with Gasteiger partial charge in [-0.1, -0.05) is 25.0 Å². The molecule has 0 amide bonds. The standard InChI is InChI=1S/C15H28O5/c1-2-3-4-5-6-7-8-9-19-10-13(17)15-14(18)12(16)11-20-15/h2-3,12-18H,4-11H2,1H3/b3-2+/t12-,13+,14-,15-/m0/s1. The Hall–Kier alpha value is -0.460. The molecule has 1 aliphatic heterocycles. The van der Waals surface area contributed by atoms with Gasteiger partial charge in [-0.2, -0.15) is 0 Å². The van der Waals surface area contributed by atoms with Crippen LogP contribution in [0.15, 0.2) is 12.2 Å². The van der Waals surface area contributed by atoms with Gasteiger partial charge in [0.25, 0.3) is 0 Å². The van der Waals surface area contributed by atoms with Crippen molar-refractivity contribution in [2.75, 3.05) is 19.8 Å². The zero-order chi connectivity index (χ0) is 14.8. The van der Waals surface area contributed by atoms with Gasteiger partial charge in [-0.15, -0.1) is 0 Å². The average molecular weight is 288 g/mol. The molecule has 20 heavy (non-hydrogen) atoms. The van der Waals surface area contributed by atoms with Crippen molar-refractivity contribution in [3.8, 4) is 0 Å². The summed E-state index contributed by atoms with van der Waals surface area (Å²) < 4.78 is 10.5. The van der Waals surface area contributed by atoms with Crippen LogP contribution >= 0.6 is 0 Å². The van der Waals surface area contributed by atoms with Crippen molar-refractivity contribution >= 4 is 0 Å². The van der Waals surface area contributed by atoms with Crippen LogP contribution in [0.5, 0.6) is 0 Å². The second-order valence-electron chi connectivity index (χ2n) is 5.27. The van der Waals surface area contributed by atoms with Gasteiger partial charge in [0.05, 0.1) is 13.2 Å². The number of ether oxygens (including phenoxy) is 2. The summed E-state index contributed by atoms with van der Waals surface area (Å²) >= 11 is 0. The molecule has 0 aromatic heterocycles. The lowest BCUT2D eigenvalue weighted by atomic mass is 10.1. The van der Waals surface area contributed by atoms with Gasteiger partial charge >= 0.3 is 0 Å². The molecule has 4 atom stereocenters. The molecule has 0 saturated carbocycles. The number of hydrogen-bond donors (Lipinski definition) is 3. The summed E-state index contributed by atoms with van der Waals surface area (Å²) in [7, 11) is 0. The van der Waals surface area contributed by atoms with E-state index in [0.717, 1.165) is 19.3 Å². The maximum atomic E-state index is 9.81. The number of aliphatic hydroxyl groups excluding tert-OH is 3. The van der Waals surface area contributed by atoms with E-state index < -0.39 is 24.4 Å². The smallest absolute Gasteiger partial charge is 0.114 e. The maximum Gasteiger partial charge on any atom is 0.114 e. The molecule has 1 rings (SSSR count). The molecule has 1 heterocycles. The van der Waals surface area contributed by atoms with Crippen molar-refractivity contribution in [1.82, 2.24) is 0 Å². The van der Waals surface area contributed by atoms with Crippen LogP contribution in [0, 0.1) is 0 Å². The lowest BCUT2D eigenvalue weighted by Crippen LogP contribution is -2.40. The first kappa shape index (κ1) is 17.6. The normalized spacial score (nSPS) is 28.3. The minimum Gasteiger partial charge on any atom is -0.388 e.